The van der Waals surface area contributed by atoms with Crippen LogP contribution in [0.15, 0.2) is 78.5 Å². The summed E-state index contributed by atoms with van der Waals surface area (Å²) in [5.41, 5.74) is 0.482. The van der Waals surface area contributed by atoms with Gasteiger partial charge in [0.15, 0.2) is 0 Å². The molecular weight excluding hydrogens is 440 g/mol. The van der Waals surface area contributed by atoms with Crippen molar-refractivity contribution in [3.8, 4) is 0 Å². The van der Waals surface area contributed by atoms with Crippen LogP contribution in [-0.4, -0.2) is 32.6 Å². The minimum atomic E-state index is -1.10. The number of non-ortho nitro benzene ring substituents is 1. The highest BCUT2D eigenvalue weighted by Crippen LogP contribution is 2.42. The number of aliphatic hydroxyl groups is 1. The van der Waals surface area contributed by atoms with Crippen LogP contribution in [0.4, 0.5) is 17.1 Å². The molecule has 0 saturated carbocycles. The summed E-state index contributed by atoms with van der Waals surface area (Å²) in [6.07, 6.45) is 1.48. The molecule has 1 unspecified atom stereocenters. The largest absolute Gasteiger partial charge is 0.507 e. The molecule has 0 spiro atoms. The van der Waals surface area contributed by atoms with E-state index in [1.807, 2.05) is 0 Å². The van der Waals surface area contributed by atoms with Crippen LogP contribution in [0.3, 0.4) is 0 Å². The van der Waals surface area contributed by atoms with Crippen molar-refractivity contribution in [2.75, 3.05) is 10.2 Å². The summed E-state index contributed by atoms with van der Waals surface area (Å²) < 4.78 is 0. The number of benzene rings is 2. The summed E-state index contributed by atoms with van der Waals surface area (Å²) in [7, 11) is 0. The third-order valence-electron chi connectivity index (χ3n) is 5.19. The zero-order valence-electron chi connectivity index (χ0n) is 17.8. The van der Waals surface area contributed by atoms with Gasteiger partial charge in [0.2, 0.25) is 5.91 Å². The molecule has 1 atom stereocenters. The first-order valence-corrected chi connectivity index (χ1v) is 10.1. The molecule has 0 bridgehead atoms. The molecule has 10 nitrogen and oxygen atoms in total. The molecule has 10 heteroatoms. The number of amides is 2. The van der Waals surface area contributed by atoms with Gasteiger partial charge in [-0.1, -0.05) is 24.3 Å². The number of nitrogens with one attached hydrogen (secondary N) is 1. The second-order valence-corrected chi connectivity index (χ2v) is 7.46. The molecule has 0 radical (unpaired) electrons. The summed E-state index contributed by atoms with van der Waals surface area (Å²) in [4.78, 5) is 53.8. The first-order chi connectivity index (χ1) is 16.3. The van der Waals surface area contributed by atoms with E-state index < -0.39 is 28.4 Å². The van der Waals surface area contributed by atoms with Gasteiger partial charge in [0, 0.05) is 42.2 Å². The molecule has 170 valence electrons. The van der Waals surface area contributed by atoms with Gasteiger partial charge in [0.25, 0.3) is 17.4 Å². The number of anilines is 2. The lowest BCUT2D eigenvalue weighted by atomic mass is 9.98. The van der Waals surface area contributed by atoms with Gasteiger partial charge < -0.3 is 10.4 Å². The minimum Gasteiger partial charge on any atom is -0.507 e. The standard InChI is InChI=1S/C24H18N4O6/c1-14(29)26-16-7-5-8-17(13-16)27-21(19-10-2-3-11-25-19)20(23(31)24(27)32)22(30)15-6-4-9-18(12-15)28(33)34/h2-13,21,30H,1H3,(H,26,29)/b22-20-. The van der Waals surface area contributed by atoms with Crippen LogP contribution in [0.25, 0.3) is 5.76 Å². The van der Waals surface area contributed by atoms with Gasteiger partial charge in [0.05, 0.1) is 16.2 Å². The third-order valence-corrected chi connectivity index (χ3v) is 5.19. The molecule has 3 aromatic rings. The van der Waals surface area contributed by atoms with Crippen LogP contribution in [0, 0.1) is 10.1 Å². The maximum absolute atomic E-state index is 13.2. The molecule has 0 aliphatic carbocycles. The van der Waals surface area contributed by atoms with E-state index in [-0.39, 0.29) is 22.7 Å². The number of nitro benzene ring substituents is 1. The Hall–Kier alpha value is -4.86. The van der Waals surface area contributed by atoms with Crippen molar-refractivity contribution < 1.29 is 24.4 Å². The lowest BCUT2D eigenvalue weighted by molar-refractivity contribution is -0.384. The van der Waals surface area contributed by atoms with Crippen molar-refractivity contribution in [2.45, 2.75) is 13.0 Å². The van der Waals surface area contributed by atoms with E-state index in [0.717, 1.165) is 6.07 Å². The number of rotatable bonds is 5. The number of hydrogen-bond acceptors (Lipinski definition) is 7. The molecule has 2 aromatic carbocycles. The quantitative estimate of drug-likeness (QED) is 0.196. The molecule has 1 aliphatic heterocycles. The summed E-state index contributed by atoms with van der Waals surface area (Å²) >= 11 is 0. The van der Waals surface area contributed by atoms with Gasteiger partial charge in [-0.25, -0.2) is 0 Å². The van der Waals surface area contributed by atoms with Crippen molar-refractivity contribution in [1.29, 1.82) is 0 Å². The molecule has 4 rings (SSSR count). The van der Waals surface area contributed by atoms with Crippen LogP contribution in [-0.2, 0) is 14.4 Å². The topological polar surface area (TPSA) is 143 Å². The molecule has 34 heavy (non-hydrogen) atoms. The van der Waals surface area contributed by atoms with Gasteiger partial charge in [-0.15, -0.1) is 0 Å². The van der Waals surface area contributed by atoms with Crippen LogP contribution in [0.1, 0.15) is 24.2 Å². The van der Waals surface area contributed by atoms with Gasteiger partial charge >= 0.3 is 0 Å². The second kappa shape index (κ2) is 8.94. The minimum absolute atomic E-state index is 0.0140. The lowest BCUT2D eigenvalue weighted by Gasteiger charge is -2.25. The normalized spacial score (nSPS) is 17.0. The Bertz CT molecular complexity index is 1350. The van der Waals surface area contributed by atoms with Crippen LogP contribution in [0.5, 0.6) is 0 Å². The maximum atomic E-state index is 13.2. The zero-order chi connectivity index (χ0) is 24.4. The number of nitro groups is 1. The molecule has 1 aliphatic rings. The average molecular weight is 458 g/mol. The zero-order valence-corrected chi connectivity index (χ0v) is 17.8. The Morgan fingerprint density at radius 1 is 1.09 bits per heavy atom. The lowest BCUT2D eigenvalue weighted by Crippen LogP contribution is -2.30. The van der Waals surface area contributed by atoms with E-state index in [9.17, 15) is 29.6 Å². The Balaban J connectivity index is 1.91. The number of nitrogens with zero attached hydrogens (tertiary/aromatic N) is 3. The number of pyridine rings is 1. The highest BCUT2D eigenvalue weighted by molar-refractivity contribution is 6.51. The molecule has 1 saturated heterocycles. The Morgan fingerprint density at radius 3 is 2.53 bits per heavy atom. The number of ketones is 1. The summed E-state index contributed by atoms with van der Waals surface area (Å²) in [6, 6.07) is 15.3. The van der Waals surface area contributed by atoms with Crippen molar-refractivity contribution in [2.24, 2.45) is 0 Å². The van der Waals surface area contributed by atoms with Crippen molar-refractivity contribution >= 4 is 40.4 Å². The molecule has 2 amide bonds. The fraction of sp³-hybridized carbons (Fsp3) is 0.0833. The Labute approximate surface area is 193 Å². The predicted octanol–water partition coefficient (Wildman–Crippen LogP) is 3.57. The molecule has 1 aromatic heterocycles. The van der Waals surface area contributed by atoms with Gasteiger partial charge in [-0.2, -0.15) is 0 Å². The molecule has 2 heterocycles. The number of carbonyl (C=O) groups is 3. The van der Waals surface area contributed by atoms with Crippen molar-refractivity contribution in [1.82, 2.24) is 4.98 Å². The second-order valence-electron chi connectivity index (χ2n) is 7.46. The van der Waals surface area contributed by atoms with Crippen LogP contribution >= 0.6 is 0 Å². The number of Topliss-reactive ketones (excluding diaryl/α,β-unsaturated/α-hetero) is 1. The predicted molar refractivity (Wildman–Crippen MR) is 123 cm³/mol. The van der Waals surface area contributed by atoms with Crippen molar-refractivity contribution in [3.63, 3.8) is 0 Å². The van der Waals surface area contributed by atoms with E-state index >= 15 is 0 Å². The van der Waals surface area contributed by atoms with Crippen molar-refractivity contribution in [3.05, 3.63) is 99.9 Å². The summed E-state index contributed by atoms with van der Waals surface area (Å²) in [5.74, 6) is -2.75. The summed E-state index contributed by atoms with van der Waals surface area (Å²) in [5, 5.41) is 24.9. The monoisotopic (exact) mass is 458 g/mol. The molecule has 1 fully saturated rings. The Morgan fingerprint density at radius 2 is 1.85 bits per heavy atom. The fourth-order valence-electron chi connectivity index (χ4n) is 3.78. The average Bonchev–Trinajstić information content (AvgIpc) is 3.09. The number of aliphatic hydroxyl groups excluding tert-OH is 1. The fourth-order valence-corrected chi connectivity index (χ4v) is 3.78. The Kier molecular flexibility index (Phi) is 5.88. The van der Waals surface area contributed by atoms with E-state index in [2.05, 4.69) is 10.3 Å². The maximum Gasteiger partial charge on any atom is 0.300 e. The van der Waals surface area contributed by atoms with E-state index in [4.69, 9.17) is 0 Å². The van der Waals surface area contributed by atoms with Crippen LogP contribution < -0.4 is 10.2 Å². The number of hydrogen-bond donors (Lipinski definition) is 2. The first kappa shape index (κ1) is 22.3. The smallest absolute Gasteiger partial charge is 0.300 e. The number of aromatic nitrogens is 1. The highest BCUT2D eigenvalue weighted by Gasteiger charge is 2.47. The first-order valence-electron chi connectivity index (χ1n) is 10.1. The third kappa shape index (κ3) is 4.11. The van der Waals surface area contributed by atoms with Crippen LogP contribution in [0.2, 0.25) is 0 Å². The summed E-state index contributed by atoms with van der Waals surface area (Å²) in [6.45, 7) is 1.34. The van der Waals surface area contributed by atoms with E-state index in [1.165, 1.54) is 42.3 Å². The van der Waals surface area contributed by atoms with Gasteiger partial charge in [-0.3, -0.25) is 34.4 Å². The number of carbonyl (C=O) groups excluding carboxylic acids is 3. The van der Waals surface area contributed by atoms with E-state index in [1.54, 1.807) is 36.4 Å². The van der Waals surface area contributed by atoms with E-state index in [0.29, 0.717) is 17.1 Å². The molecule has 2 N–H and O–H groups in total. The SMILES string of the molecule is CC(=O)Nc1cccc(N2C(=O)C(=O)/C(=C(\O)c3cccc([N+](=O)[O-])c3)C2c2ccccn2)c1. The molecular formula is C24H18N4O6. The van der Waals surface area contributed by atoms with Gasteiger partial charge in [0.1, 0.15) is 11.8 Å². The van der Waals surface area contributed by atoms with Gasteiger partial charge in [-0.05, 0) is 30.3 Å². The highest BCUT2D eigenvalue weighted by atomic mass is 16.6.